The molecular weight excluding hydrogens is 387 g/mol. The Balaban J connectivity index is 0.00000392. The summed E-state index contributed by atoms with van der Waals surface area (Å²) in [5.74, 6) is -1.36. The van der Waals surface area contributed by atoms with Crippen LogP contribution in [0.2, 0.25) is 0 Å². The number of benzene rings is 1. The molecule has 28 heavy (non-hydrogen) atoms. The maximum absolute atomic E-state index is 13.2. The van der Waals surface area contributed by atoms with Crippen LogP contribution in [0.25, 0.3) is 0 Å². The number of nitrogens with one attached hydrogen (secondary N) is 2. The minimum absolute atomic E-state index is 0. The van der Waals surface area contributed by atoms with Gasteiger partial charge in [-0.25, -0.2) is 4.39 Å². The van der Waals surface area contributed by atoms with Gasteiger partial charge in [0.05, 0.1) is 12.6 Å². The highest BCUT2D eigenvalue weighted by Gasteiger charge is 2.28. The number of hydrogen-bond donors (Lipinski definition) is 3. The van der Waals surface area contributed by atoms with Crippen molar-refractivity contribution in [3.05, 3.63) is 30.1 Å². The standard InChI is InChI=1S/C19H27FN4O3.ClH/c1-12(2)17(21)19(27)22-11-16(25)24-8-6-13(7-9-24)18(26)23-15-5-3-4-14(20)10-15;/h3-5,10,12-13,17H,6-9,11,21H2,1-2H3,(H,22,27)(H,23,26);1H/t17-;/m0./s1. The molecule has 1 aliphatic heterocycles. The Morgan fingerprint density at radius 2 is 1.89 bits per heavy atom. The number of anilines is 1. The first-order valence-corrected chi connectivity index (χ1v) is 9.15. The van der Waals surface area contributed by atoms with Crippen LogP contribution in [-0.2, 0) is 14.4 Å². The second-order valence-electron chi connectivity index (χ2n) is 7.14. The fourth-order valence-corrected chi connectivity index (χ4v) is 2.90. The number of rotatable bonds is 6. The van der Waals surface area contributed by atoms with E-state index < -0.39 is 11.9 Å². The lowest BCUT2D eigenvalue weighted by Crippen LogP contribution is -2.49. The highest BCUT2D eigenvalue weighted by atomic mass is 35.5. The van der Waals surface area contributed by atoms with Gasteiger partial charge in [-0.1, -0.05) is 19.9 Å². The van der Waals surface area contributed by atoms with Crippen LogP contribution in [0.15, 0.2) is 24.3 Å². The zero-order valence-corrected chi connectivity index (χ0v) is 16.9. The van der Waals surface area contributed by atoms with Crippen molar-refractivity contribution in [3.63, 3.8) is 0 Å². The molecule has 3 amide bonds. The molecule has 1 heterocycles. The molecule has 7 nitrogen and oxygen atoms in total. The molecule has 1 aromatic carbocycles. The van der Waals surface area contributed by atoms with E-state index in [-0.39, 0.29) is 48.5 Å². The quantitative estimate of drug-likeness (QED) is 0.656. The van der Waals surface area contributed by atoms with Crippen LogP contribution < -0.4 is 16.4 Å². The number of nitrogens with zero attached hydrogens (tertiary/aromatic N) is 1. The summed E-state index contributed by atoms with van der Waals surface area (Å²) in [7, 11) is 0. The van der Waals surface area contributed by atoms with Crippen LogP contribution in [0, 0.1) is 17.7 Å². The Hall–Kier alpha value is -2.19. The third-order valence-corrected chi connectivity index (χ3v) is 4.75. The molecule has 2 rings (SSSR count). The molecule has 0 spiro atoms. The van der Waals surface area contributed by atoms with Crippen molar-refractivity contribution in [1.29, 1.82) is 0 Å². The average Bonchev–Trinajstić information content (AvgIpc) is 2.65. The molecule has 1 aromatic rings. The number of nitrogens with two attached hydrogens (primary N) is 1. The van der Waals surface area contributed by atoms with Gasteiger partial charge < -0.3 is 21.3 Å². The van der Waals surface area contributed by atoms with Gasteiger partial charge in [-0.05, 0) is 37.0 Å². The summed E-state index contributed by atoms with van der Waals surface area (Å²) in [6, 6.07) is 5.10. The van der Waals surface area contributed by atoms with Crippen molar-refractivity contribution in [2.45, 2.75) is 32.7 Å². The first-order valence-electron chi connectivity index (χ1n) is 9.15. The predicted molar refractivity (Wildman–Crippen MR) is 107 cm³/mol. The van der Waals surface area contributed by atoms with Crippen LogP contribution in [0.4, 0.5) is 10.1 Å². The molecule has 0 bridgehead atoms. The summed E-state index contributed by atoms with van der Waals surface area (Å²) in [4.78, 5) is 38.0. The summed E-state index contributed by atoms with van der Waals surface area (Å²) >= 11 is 0. The van der Waals surface area contributed by atoms with Gasteiger partial charge in [0.1, 0.15) is 5.82 Å². The first-order chi connectivity index (χ1) is 12.8. The van der Waals surface area contributed by atoms with Crippen LogP contribution in [-0.4, -0.2) is 48.3 Å². The van der Waals surface area contributed by atoms with E-state index in [1.165, 1.54) is 18.2 Å². The molecule has 1 saturated heterocycles. The average molecular weight is 415 g/mol. The molecule has 4 N–H and O–H groups in total. The van der Waals surface area contributed by atoms with Crippen molar-refractivity contribution < 1.29 is 18.8 Å². The van der Waals surface area contributed by atoms with Gasteiger partial charge in [0.25, 0.3) is 0 Å². The Bertz CT molecular complexity index is 694. The lowest BCUT2D eigenvalue weighted by Gasteiger charge is -2.31. The Labute approximate surface area is 170 Å². The topological polar surface area (TPSA) is 105 Å². The van der Waals surface area contributed by atoms with Crippen molar-refractivity contribution in [3.8, 4) is 0 Å². The number of amides is 3. The molecule has 0 aliphatic carbocycles. The van der Waals surface area contributed by atoms with E-state index in [4.69, 9.17) is 5.73 Å². The predicted octanol–water partition coefficient (Wildman–Crippen LogP) is 1.52. The minimum Gasteiger partial charge on any atom is -0.346 e. The van der Waals surface area contributed by atoms with Crippen LogP contribution in [0.3, 0.4) is 0 Å². The normalized spacial score (nSPS) is 15.5. The molecule has 156 valence electrons. The lowest BCUT2D eigenvalue weighted by molar-refractivity contribution is -0.135. The van der Waals surface area contributed by atoms with Crippen LogP contribution >= 0.6 is 12.4 Å². The first kappa shape index (κ1) is 23.8. The summed E-state index contributed by atoms with van der Waals surface area (Å²) in [6.45, 7) is 4.45. The highest BCUT2D eigenvalue weighted by molar-refractivity contribution is 5.93. The summed E-state index contributed by atoms with van der Waals surface area (Å²) in [5, 5.41) is 5.27. The van der Waals surface area contributed by atoms with Crippen LogP contribution in [0.1, 0.15) is 26.7 Å². The third-order valence-electron chi connectivity index (χ3n) is 4.75. The fraction of sp³-hybridized carbons (Fsp3) is 0.526. The van der Waals surface area contributed by atoms with Crippen molar-refractivity contribution in [2.24, 2.45) is 17.6 Å². The van der Waals surface area contributed by atoms with E-state index in [0.29, 0.717) is 31.6 Å². The molecule has 1 atom stereocenters. The number of piperidine rings is 1. The second-order valence-corrected chi connectivity index (χ2v) is 7.14. The Morgan fingerprint density at radius 3 is 2.46 bits per heavy atom. The van der Waals surface area contributed by atoms with E-state index in [1.54, 1.807) is 11.0 Å². The van der Waals surface area contributed by atoms with E-state index in [9.17, 15) is 18.8 Å². The maximum atomic E-state index is 13.2. The fourth-order valence-electron chi connectivity index (χ4n) is 2.90. The number of carbonyl (C=O) groups excluding carboxylic acids is 3. The molecule has 0 unspecified atom stereocenters. The molecule has 9 heteroatoms. The van der Waals surface area contributed by atoms with E-state index in [0.717, 1.165) is 0 Å². The van der Waals surface area contributed by atoms with Gasteiger partial charge in [-0.2, -0.15) is 0 Å². The van der Waals surface area contributed by atoms with Gasteiger partial charge in [0, 0.05) is 24.7 Å². The molecule has 0 saturated carbocycles. The van der Waals surface area contributed by atoms with Gasteiger partial charge in [0.15, 0.2) is 0 Å². The lowest BCUT2D eigenvalue weighted by atomic mass is 9.95. The van der Waals surface area contributed by atoms with Crippen molar-refractivity contribution >= 4 is 35.8 Å². The zero-order chi connectivity index (χ0) is 20.0. The SMILES string of the molecule is CC(C)[C@H](N)C(=O)NCC(=O)N1CCC(C(=O)Nc2cccc(F)c2)CC1.Cl. The number of carbonyl (C=O) groups is 3. The number of halogens is 2. The van der Waals surface area contributed by atoms with Gasteiger partial charge in [-0.3, -0.25) is 14.4 Å². The minimum atomic E-state index is -0.643. The molecule has 1 aliphatic rings. The summed E-state index contributed by atoms with van der Waals surface area (Å²) < 4.78 is 13.2. The molecular formula is C19H28ClFN4O3. The highest BCUT2D eigenvalue weighted by Crippen LogP contribution is 2.20. The Kier molecular flexibility index (Phi) is 9.34. The van der Waals surface area contributed by atoms with Gasteiger partial charge in [0.2, 0.25) is 17.7 Å². The second kappa shape index (κ2) is 11.0. The largest absolute Gasteiger partial charge is 0.346 e. The van der Waals surface area contributed by atoms with Crippen LogP contribution in [0.5, 0.6) is 0 Å². The van der Waals surface area contributed by atoms with Gasteiger partial charge >= 0.3 is 0 Å². The summed E-state index contributed by atoms with van der Waals surface area (Å²) in [5.41, 5.74) is 6.16. The maximum Gasteiger partial charge on any atom is 0.241 e. The Morgan fingerprint density at radius 1 is 1.25 bits per heavy atom. The van der Waals surface area contributed by atoms with Crippen molar-refractivity contribution in [1.82, 2.24) is 10.2 Å². The molecule has 0 aromatic heterocycles. The van der Waals surface area contributed by atoms with E-state index in [1.807, 2.05) is 13.8 Å². The van der Waals surface area contributed by atoms with Gasteiger partial charge in [-0.15, -0.1) is 12.4 Å². The third kappa shape index (κ3) is 6.76. The van der Waals surface area contributed by atoms with E-state index >= 15 is 0 Å². The molecule has 1 fully saturated rings. The zero-order valence-electron chi connectivity index (χ0n) is 16.1. The monoisotopic (exact) mass is 414 g/mol. The molecule has 0 radical (unpaired) electrons. The smallest absolute Gasteiger partial charge is 0.241 e. The van der Waals surface area contributed by atoms with Crippen molar-refractivity contribution in [2.75, 3.05) is 25.0 Å². The van der Waals surface area contributed by atoms with E-state index in [2.05, 4.69) is 10.6 Å². The summed E-state index contributed by atoms with van der Waals surface area (Å²) in [6.07, 6.45) is 1.04. The number of likely N-dealkylation sites (tertiary alicyclic amines) is 1. The number of hydrogen-bond acceptors (Lipinski definition) is 4.